The Hall–Kier alpha value is -1.42. The molecule has 1 aromatic carbocycles. The van der Waals surface area contributed by atoms with Gasteiger partial charge in [-0.15, -0.1) is 0 Å². The summed E-state index contributed by atoms with van der Waals surface area (Å²) in [7, 11) is -3.79. The van der Waals surface area contributed by atoms with Crippen LogP contribution in [-0.2, 0) is 10.0 Å². The Morgan fingerprint density at radius 1 is 1.35 bits per heavy atom. The first-order chi connectivity index (χ1) is 9.22. The highest BCUT2D eigenvalue weighted by Crippen LogP contribution is 2.24. The average molecular weight is 296 g/mol. The normalized spacial score (nSPS) is 13.8. The molecule has 0 heterocycles. The number of nitrogens with zero attached hydrogens (tertiary/aromatic N) is 1. The summed E-state index contributed by atoms with van der Waals surface area (Å²) in [5.41, 5.74) is -0.228. The standard InChI is InChI=1S/C14H20N2O3S/c1-14(2,3)13(8-9-17)16-20(18,19)12-7-5-4-6-11(12)10-15/h4-7,13,16-17H,8-9H2,1-3H3. The molecule has 0 aliphatic carbocycles. The fourth-order valence-electron chi connectivity index (χ4n) is 1.84. The lowest BCUT2D eigenvalue weighted by atomic mass is 9.86. The van der Waals surface area contributed by atoms with Gasteiger partial charge in [-0.25, -0.2) is 13.1 Å². The zero-order valence-corrected chi connectivity index (χ0v) is 12.7. The quantitative estimate of drug-likeness (QED) is 0.864. The lowest BCUT2D eigenvalue weighted by Gasteiger charge is -2.30. The lowest BCUT2D eigenvalue weighted by Crippen LogP contribution is -2.44. The summed E-state index contributed by atoms with van der Waals surface area (Å²) < 4.78 is 27.4. The van der Waals surface area contributed by atoms with E-state index < -0.39 is 16.1 Å². The van der Waals surface area contributed by atoms with Crippen LogP contribution in [0.2, 0.25) is 0 Å². The molecule has 0 aliphatic heterocycles. The summed E-state index contributed by atoms with van der Waals surface area (Å²) in [6.45, 7) is 5.58. The number of aliphatic hydroxyl groups is 1. The molecule has 6 heteroatoms. The minimum absolute atomic E-state index is 0.0327. The van der Waals surface area contributed by atoms with Crippen LogP contribution in [0.1, 0.15) is 32.8 Å². The molecular formula is C14H20N2O3S. The van der Waals surface area contributed by atoms with Crippen LogP contribution in [0.3, 0.4) is 0 Å². The molecule has 0 bridgehead atoms. The first-order valence-corrected chi connectivity index (χ1v) is 7.83. The fourth-order valence-corrected chi connectivity index (χ4v) is 3.48. The number of aliphatic hydroxyl groups excluding tert-OH is 1. The van der Waals surface area contributed by atoms with Crippen LogP contribution in [0.15, 0.2) is 29.2 Å². The van der Waals surface area contributed by atoms with Crippen molar-refractivity contribution in [1.82, 2.24) is 4.72 Å². The summed E-state index contributed by atoms with van der Waals surface area (Å²) in [6, 6.07) is 7.53. The van der Waals surface area contributed by atoms with Gasteiger partial charge in [-0.05, 0) is 24.0 Å². The Balaban J connectivity index is 3.14. The summed E-state index contributed by atoms with van der Waals surface area (Å²) in [4.78, 5) is -0.0327. The second kappa shape index (κ2) is 6.35. The largest absolute Gasteiger partial charge is 0.396 e. The van der Waals surface area contributed by atoms with Gasteiger partial charge < -0.3 is 5.11 Å². The van der Waals surface area contributed by atoms with Crippen molar-refractivity contribution in [3.63, 3.8) is 0 Å². The topological polar surface area (TPSA) is 90.2 Å². The highest BCUT2D eigenvalue weighted by molar-refractivity contribution is 7.89. The van der Waals surface area contributed by atoms with Gasteiger partial charge in [-0.3, -0.25) is 0 Å². The molecule has 0 saturated carbocycles. The van der Waals surface area contributed by atoms with E-state index in [0.717, 1.165) is 0 Å². The van der Waals surface area contributed by atoms with Crippen molar-refractivity contribution in [2.75, 3.05) is 6.61 Å². The van der Waals surface area contributed by atoms with Gasteiger partial charge in [-0.1, -0.05) is 32.9 Å². The van der Waals surface area contributed by atoms with Crippen LogP contribution in [-0.4, -0.2) is 26.2 Å². The maximum atomic E-state index is 12.4. The molecule has 1 aromatic rings. The maximum absolute atomic E-state index is 12.4. The molecule has 0 spiro atoms. The molecule has 0 aromatic heterocycles. The van der Waals surface area contributed by atoms with Gasteiger partial charge in [0, 0.05) is 12.6 Å². The van der Waals surface area contributed by atoms with E-state index in [4.69, 9.17) is 10.4 Å². The third-order valence-corrected chi connectivity index (χ3v) is 4.59. The Morgan fingerprint density at radius 2 is 1.95 bits per heavy atom. The van der Waals surface area contributed by atoms with E-state index in [-0.39, 0.29) is 22.5 Å². The predicted molar refractivity (Wildman–Crippen MR) is 76.4 cm³/mol. The van der Waals surface area contributed by atoms with E-state index in [9.17, 15) is 8.42 Å². The Bertz CT molecular complexity index is 598. The molecule has 20 heavy (non-hydrogen) atoms. The fraction of sp³-hybridized carbons (Fsp3) is 0.500. The molecule has 0 fully saturated rings. The van der Waals surface area contributed by atoms with Gasteiger partial charge in [0.05, 0.1) is 10.5 Å². The Morgan fingerprint density at radius 3 is 2.45 bits per heavy atom. The summed E-state index contributed by atoms with van der Waals surface area (Å²) in [5, 5.41) is 18.1. The number of sulfonamides is 1. The van der Waals surface area contributed by atoms with Crippen LogP contribution in [0.25, 0.3) is 0 Å². The van der Waals surface area contributed by atoms with E-state index >= 15 is 0 Å². The van der Waals surface area contributed by atoms with Crippen LogP contribution in [0.4, 0.5) is 0 Å². The van der Waals surface area contributed by atoms with Gasteiger partial charge in [0.2, 0.25) is 10.0 Å². The molecule has 0 amide bonds. The number of nitrogens with one attached hydrogen (secondary N) is 1. The van der Waals surface area contributed by atoms with E-state index in [0.29, 0.717) is 6.42 Å². The predicted octanol–water partition coefficient (Wildman–Crippen LogP) is 1.63. The van der Waals surface area contributed by atoms with Crippen molar-refractivity contribution < 1.29 is 13.5 Å². The molecule has 110 valence electrons. The zero-order valence-electron chi connectivity index (χ0n) is 11.9. The Kier molecular flexibility index (Phi) is 5.28. The van der Waals surface area contributed by atoms with Gasteiger partial charge in [0.25, 0.3) is 0 Å². The van der Waals surface area contributed by atoms with Crippen molar-refractivity contribution in [3.8, 4) is 6.07 Å². The molecule has 1 atom stereocenters. The van der Waals surface area contributed by atoms with Crippen LogP contribution in [0, 0.1) is 16.7 Å². The van der Waals surface area contributed by atoms with Crippen LogP contribution >= 0.6 is 0 Å². The van der Waals surface area contributed by atoms with Crippen LogP contribution < -0.4 is 4.72 Å². The summed E-state index contributed by atoms with van der Waals surface area (Å²) in [6.07, 6.45) is 0.317. The van der Waals surface area contributed by atoms with Crippen molar-refractivity contribution in [3.05, 3.63) is 29.8 Å². The second-order valence-electron chi connectivity index (χ2n) is 5.66. The maximum Gasteiger partial charge on any atom is 0.242 e. The molecule has 2 N–H and O–H groups in total. The highest BCUT2D eigenvalue weighted by Gasteiger charge is 2.30. The monoisotopic (exact) mass is 296 g/mol. The smallest absolute Gasteiger partial charge is 0.242 e. The van der Waals surface area contributed by atoms with E-state index in [1.165, 1.54) is 12.1 Å². The second-order valence-corrected chi connectivity index (χ2v) is 7.34. The molecule has 1 rings (SSSR count). The SMILES string of the molecule is CC(C)(C)C(CCO)NS(=O)(=O)c1ccccc1C#N. The molecule has 1 unspecified atom stereocenters. The van der Waals surface area contributed by atoms with E-state index in [1.54, 1.807) is 12.1 Å². The molecular weight excluding hydrogens is 276 g/mol. The Labute approximate surface area is 120 Å². The minimum atomic E-state index is -3.79. The zero-order chi connectivity index (χ0) is 15.4. The van der Waals surface area contributed by atoms with Gasteiger partial charge >= 0.3 is 0 Å². The van der Waals surface area contributed by atoms with Crippen molar-refractivity contribution in [2.45, 2.75) is 38.1 Å². The van der Waals surface area contributed by atoms with Crippen LogP contribution in [0.5, 0.6) is 0 Å². The molecule has 0 aliphatic rings. The van der Waals surface area contributed by atoms with E-state index in [2.05, 4.69) is 4.72 Å². The van der Waals surface area contributed by atoms with Gasteiger partial charge in [0.15, 0.2) is 0 Å². The highest BCUT2D eigenvalue weighted by atomic mass is 32.2. The number of nitriles is 1. The third-order valence-electron chi connectivity index (χ3n) is 3.06. The first kappa shape index (κ1) is 16.6. The molecule has 5 nitrogen and oxygen atoms in total. The number of hydrogen-bond acceptors (Lipinski definition) is 4. The van der Waals surface area contributed by atoms with Gasteiger partial charge in [0.1, 0.15) is 6.07 Å². The van der Waals surface area contributed by atoms with E-state index in [1.807, 2.05) is 26.8 Å². The van der Waals surface area contributed by atoms with Gasteiger partial charge in [-0.2, -0.15) is 5.26 Å². The summed E-state index contributed by atoms with van der Waals surface area (Å²) >= 11 is 0. The number of rotatable bonds is 5. The summed E-state index contributed by atoms with van der Waals surface area (Å²) in [5.74, 6) is 0. The number of hydrogen-bond donors (Lipinski definition) is 2. The lowest BCUT2D eigenvalue weighted by molar-refractivity contribution is 0.214. The molecule has 0 radical (unpaired) electrons. The average Bonchev–Trinajstić information content (AvgIpc) is 2.37. The first-order valence-electron chi connectivity index (χ1n) is 6.34. The van der Waals surface area contributed by atoms with Crippen molar-refractivity contribution in [1.29, 1.82) is 5.26 Å². The van der Waals surface area contributed by atoms with Crippen molar-refractivity contribution >= 4 is 10.0 Å². The molecule has 0 saturated heterocycles. The van der Waals surface area contributed by atoms with Crippen molar-refractivity contribution in [2.24, 2.45) is 5.41 Å². The number of benzene rings is 1. The third kappa shape index (κ3) is 4.04. The minimum Gasteiger partial charge on any atom is -0.396 e.